The zero-order chi connectivity index (χ0) is 15.6. The Morgan fingerprint density at radius 1 is 1.09 bits per heavy atom. The number of imidazole rings is 1. The molecule has 8 heteroatoms. The maximum absolute atomic E-state index is 13.0. The van der Waals surface area contributed by atoms with Crippen LogP contribution >= 0.6 is 0 Å². The lowest BCUT2D eigenvalue weighted by Gasteiger charge is -2.28. The summed E-state index contributed by atoms with van der Waals surface area (Å²) < 4.78 is 13.0. The van der Waals surface area contributed by atoms with Crippen molar-refractivity contribution in [2.45, 2.75) is 0 Å². The van der Waals surface area contributed by atoms with Crippen LogP contribution in [-0.4, -0.2) is 46.1 Å². The van der Waals surface area contributed by atoms with Crippen LogP contribution in [0.15, 0.2) is 30.6 Å². The predicted molar refractivity (Wildman–Crippen MR) is 86.4 cm³/mol. The Morgan fingerprint density at radius 3 is 2.65 bits per heavy atom. The molecular formula is C15H16FN7. The molecule has 0 amide bonds. The van der Waals surface area contributed by atoms with Crippen LogP contribution in [0.2, 0.25) is 0 Å². The summed E-state index contributed by atoms with van der Waals surface area (Å²) in [6, 6.07) is 6.09. The number of piperazine rings is 1. The Bertz CT molecular complexity index is 808. The molecule has 0 aliphatic carbocycles. The fourth-order valence-electron chi connectivity index (χ4n) is 2.64. The minimum Gasteiger partial charge on any atom is -0.352 e. The van der Waals surface area contributed by atoms with E-state index in [0.717, 1.165) is 43.2 Å². The summed E-state index contributed by atoms with van der Waals surface area (Å²) in [4.78, 5) is 18.6. The van der Waals surface area contributed by atoms with Crippen LogP contribution in [0, 0.1) is 5.82 Å². The van der Waals surface area contributed by atoms with Gasteiger partial charge in [-0.05, 0) is 24.3 Å². The van der Waals surface area contributed by atoms with E-state index in [0.29, 0.717) is 11.6 Å². The predicted octanol–water partition coefficient (Wildman–Crippen LogP) is 1.65. The second-order valence-corrected chi connectivity index (χ2v) is 5.34. The highest BCUT2D eigenvalue weighted by Crippen LogP contribution is 2.24. The smallest absolute Gasteiger partial charge is 0.231 e. The molecule has 0 spiro atoms. The van der Waals surface area contributed by atoms with E-state index in [1.165, 1.54) is 12.1 Å². The molecule has 0 bridgehead atoms. The van der Waals surface area contributed by atoms with E-state index in [9.17, 15) is 4.39 Å². The van der Waals surface area contributed by atoms with Crippen LogP contribution in [0.5, 0.6) is 0 Å². The van der Waals surface area contributed by atoms with Gasteiger partial charge in [0.05, 0.1) is 6.33 Å². The van der Waals surface area contributed by atoms with E-state index in [1.54, 1.807) is 18.5 Å². The van der Waals surface area contributed by atoms with Crippen molar-refractivity contribution in [3.8, 4) is 0 Å². The third kappa shape index (κ3) is 2.80. The van der Waals surface area contributed by atoms with Gasteiger partial charge in [0.1, 0.15) is 11.3 Å². The highest BCUT2D eigenvalue weighted by molar-refractivity contribution is 5.84. The number of H-pyrrole nitrogens is 1. The highest BCUT2D eigenvalue weighted by atomic mass is 19.1. The molecule has 2 aromatic heterocycles. The molecule has 3 N–H and O–H groups in total. The molecule has 0 unspecified atom stereocenters. The van der Waals surface area contributed by atoms with E-state index < -0.39 is 0 Å². The van der Waals surface area contributed by atoms with Gasteiger partial charge in [-0.15, -0.1) is 0 Å². The van der Waals surface area contributed by atoms with Crippen molar-refractivity contribution in [2.24, 2.45) is 0 Å². The molecule has 0 radical (unpaired) electrons. The van der Waals surface area contributed by atoms with Crippen LogP contribution in [0.1, 0.15) is 0 Å². The third-order valence-electron chi connectivity index (χ3n) is 3.78. The number of rotatable bonds is 3. The Hall–Kier alpha value is -2.74. The van der Waals surface area contributed by atoms with Gasteiger partial charge < -0.3 is 20.5 Å². The molecule has 23 heavy (non-hydrogen) atoms. The molecule has 7 nitrogen and oxygen atoms in total. The van der Waals surface area contributed by atoms with Crippen molar-refractivity contribution in [3.05, 3.63) is 36.4 Å². The normalized spacial score (nSPS) is 15.1. The summed E-state index contributed by atoms with van der Waals surface area (Å²) in [5.74, 6) is 1.00. The molecule has 3 heterocycles. The van der Waals surface area contributed by atoms with Crippen molar-refractivity contribution in [2.75, 3.05) is 36.4 Å². The number of nitrogens with zero attached hydrogens (tertiary/aromatic N) is 4. The monoisotopic (exact) mass is 313 g/mol. The molecule has 4 rings (SSSR count). The van der Waals surface area contributed by atoms with Gasteiger partial charge in [-0.2, -0.15) is 9.97 Å². The fraction of sp³-hybridized carbons (Fsp3) is 0.267. The van der Waals surface area contributed by atoms with Crippen LogP contribution < -0.4 is 15.5 Å². The first-order chi connectivity index (χ1) is 11.3. The number of anilines is 3. The molecule has 3 aromatic rings. The molecule has 1 aliphatic rings. The summed E-state index contributed by atoms with van der Waals surface area (Å²) in [6.45, 7) is 3.59. The lowest BCUT2D eigenvalue weighted by molar-refractivity contribution is 0.586. The van der Waals surface area contributed by atoms with Crippen molar-refractivity contribution < 1.29 is 4.39 Å². The molecule has 1 saturated heterocycles. The fourth-order valence-corrected chi connectivity index (χ4v) is 2.64. The molecule has 1 fully saturated rings. The van der Waals surface area contributed by atoms with Gasteiger partial charge in [-0.1, -0.05) is 0 Å². The summed E-state index contributed by atoms with van der Waals surface area (Å²) in [5.41, 5.74) is 2.17. The minimum atomic E-state index is -0.277. The Labute approximate surface area is 132 Å². The third-order valence-corrected chi connectivity index (χ3v) is 3.78. The average molecular weight is 313 g/mol. The van der Waals surface area contributed by atoms with Gasteiger partial charge in [0.2, 0.25) is 5.95 Å². The lowest BCUT2D eigenvalue weighted by atomic mass is 10.3. The Morgan fingerprint density at radius 2 is 1.87 bits per heavy atom. The molecular weight excluding hydrogens is 297 g/mol. The van der Waals surface area contributed by atoms with Crippen LogP contribution in [-0.2, 0) is 0 Å². The van der Waals surface area contributed by atoms with Crippen molar-refractivity contribution in [3.63, 3.8) is 0 Å². The van der Waals surface area contributed by atoms with Gasteiger partial charge in [0.15, 0.2) is 11.5 Å². The SMILES string of the molecule is Fc1ccc(Nc2nc(N3CCNCC3)c3[nH]cnc3n2)cc1. The Kier molecular flexibility index (Phi) is 3.51. The Balaban J connectivity index is 1.70. The van der Waals surface area contributed by atoms with Crippen molar-refractivity contribution in [1.82, 2.24) is 25.3 Å². The van der Waals surface area contributed by atoms with E-state index >= 15 is 0 Å². The van der Waals surface area contributed by atoms with Gasteiger partial charge in [-0.25, -0.2) is 9.37 Å². The van der Waals surface area contributed by atoms with E-state index in [4.69, 9.17) is 0 Å². The summed E-state index contributed by atoms with van der Waals surface area (Å²) in [5, 5.41) is 6.43. The summed E-state index contributed by atoms with van der Waals surface area (Å²) >= 11 is 0. The zero-order valence-corrected chi connectivity index (χ0v) is 12.4. The minimum absolute atomic E-state index is 0.277. The molecule has 1 aliphatic heterocycles. The quantitative estimate of drug-likeness (QED) is 0.682. The first-order valence-electron chi connectivity index (χ1n) is 7.49. The van der Waals surface area contributed by atoms with E-state index in [2.05, 4.69) is 35.5 Å². The zero-order valence-electron chi connectivity index (χ0n) is 12.4. The van der Waals surface area contributed by atoms with Gasteiger partial charge in [0.25, 0.3) is 0 Å². The number of benzene rings is 1. The number of aromatic amines is 1. The number of hydrogen-bond donors (Lipinski definition) is 3. The van der Waals surface area contributed by atoms with E-state index in [-0.39, 0.29) is 5.82 Å². The summed E-state index contributed by atoms with van der Waals surface area (Å²) in [6.07, 6.45) is 1.62. The maximum atomic E-state index is 13.0. The second-order valence-electron chi connectivity index (χ2n) is 5.34. The average Bonchev–Trinajstić information content (AvgIpc) is 3.05. The van der Waals surface area contributed by atoms with Crippen molar-refractivity contribution >= 4 is 28.6 Å². The highest BCUT2D eigenvalue weighted by Gasteiger charge is 2.18. The van der Waals surface area contributed by atoms with Crippen molar-refractivity contribution in [1.29, 1.82) is 0 Å². The van der Waals surface area contributed by atoms with Crippen LogP contribution in [0.25, 0.3) is 11.2 Å². The number of halogens is 1. The van der Waals surface area contributed by atoms with Crippen LogP contribution in [0.4, 0.5) is 21.8 Å². The van der Waals surface area contributed by atoms with Gasteiger partial charge in [-0.3, -0.25) is 0 Å². The number of fused-ring (bicyclic) bond motifs is 1. The molecule has 0 saturated carbocycles. The van der Waals surface area contributed by atoms with Gasteiger partial charge in [0, 0.05) is 31.9 Å². The lowest BCUT2D eigenvalue weighted by Crippen LogP contribution is -2.44. The topological polar surface area (TPSA) is 81.8 Å². The van der Waals surface area contributed by atoms with Gasteiger partial charge >= 0.3 is 0 Å². The standard InChI is InChI=1S/C15H16FN7/c16-10-1-3-11(4-2-10)20-15-21-13-12(18-9-19-13)14(22-15)23-7-5-17-6-8-23/h1-4,9,17H,5-8H2,(H2,18,19,20,21,22). The summed E-state index contributed by atoms with van der Waals surface area (Å²) in [7, 11) is 0. The largest absolute Gasteiger partial charge is 0.352 e. The first-order valence-corrected chi connectivity index (χ1v) is 7.49. The van der Waals surface area contributed by atoms with E-state index in [1.807, 2.05) is 0 Å². The first kappa shape index (κ1) is 13.9. The maximum Gasteiger partial charge on any atom is 0.231 e. The molecule has 0 atom stereocenters. The second kappa shape index (κ2) is 5.81. The van der Waals surface area contributed by atoms with Crippen LogP contribution in [0.3, 0.4) is 0 Å². The number of nitrogens with one attached hydrogen (secondary N) is 3. The molecule has 118 valence electrons. The molecule has 1 aromatic carbocycles. The number of hydrogen-bond acceptors (Lipinski definition) is 6. The number of aromatic nitrogens is 4.